The summed E-state index contributed by atoms with van der Waals surface area (Å²) in [5, 5.41) is 16.3. The minimum Gasteiger partial charge on any atom is -0.396 e. The Morgan fingerprint density at radius 1 is 1.04 bits per heavy atom. The van der Waals surface area contributed by atoms with Crippen LogP contribution in [0.5, 0.6) is 0 Å². The van der Waals surface area contributed by atoms with Crippen LogP contribution in [0.2, 0.25) is 0 Å². The second-order valence-electron chi connectivity index (χ2n) is 6.00. The second kappa shape index (κ2) is 13.5. The summed E-state index contributed by atoms with van der Waals surface area (Å²) in [4.78, 5) is 4.28. The summed E-state index contributed by atoms with van der Waals surface area (Å²) in [6.07, 6.45) is 0. The number of aliphatic hydroxyl groups excluding tert-OH is 1. The normalized spacial score (nSPS) is 12.2. The molecule has 1 unspecified atom stereocenters. The number of rotatable bonds is 9. The van der Waals surface area contributed by atoms with Crippen LogP contribution in [-0.2, 0) is 17.9 Å². The molecule has 2 aromatic rings. The second-order valence-corrected chi connectivity index (χ2v) is 6.00. The lowest BCUT2D eigenvalue weighted by molar-refractivity contribution is 0.133. The standard InChI is InChI=1S/C21H29N3O2.HI/c1-3-26-16-19-12-8-7-11-18(19)13-23-21(22-2)24-14-20(15-25)17-9-5-4-6-10-17;/h4-12,20,25H,3,13-16H2,1-2H3,(H2,22,23,24);1H. The molecule has 0 saturated heterocycles. The Morgan fingerprint density at radius 3 is 2.33 bits per heavy atom. The molecule has 0 fully saturated rings. The van der Waals surface area contributed by atoms with Gasteiger partial charge in [-0.15, -0.1) is 24.0 Å². The van der Waals surface area contributed by atoms with Gasteiger partial charge in [-0.1, -0.05) is 54.6 Å². The van der Waals surface area contributed by atoms with Crippen molar-refractivity contribution in [3.63, 3.8) is 0 Å². The van der Waals surface area contributed by atoms with Crippen molar-refractivity contribution in [1.29, 1.82) is 0 Å². The van der Waals surface area contributed by atoms with E-state index in [0.717, 1.165) is 5.56 Å². The van der Waals surface area contributed by atoms with Crippen LogP contribution >= 0.6 is 24.0 Å². The fourth-order valence-electron chi connectivity index (χ4n) is 2.72. The minimum atomic E-state index is 0. The number of aliphatic hydroxyl groups is 1. The summed E-state index contributed by atoms with van der Waals surface area (Å²) in [6.45, 7) is 4.68. The monoisotopic (exact) mass is 483 g/mol. The summed E-state index contributed by atoms with van der Waals surface area (Å²) in [7, 11) is 1.75. The van der Waals surface area contributed by atoms with E-state index in [2.05, 4.69) is 27.8 Å². The van der Waals surface area contributed by atoms with Gasteiger partial charge in [-0.2, -0.15) is 0 Å². The molecule has 0 aliphatic carbocycles. The zero-order valence-corrected chi connectivity index (χ0v) is 18.4. The maximum Gasteiger partial charge on any atom is 0.191 e. The Hall–Kier alpha value is -1.64. The van der Waals surface area contributed by atoms with E-state index < -0.39 is 0 Å². The van der Waals surface area contributed by atoms with E-state index in [1.165, 1.54) is 11.1 Å². The highest BCUT2D eigenvalue weighted by Crippen LogP contribution is 2.13. The highest BCUT2D eigenvalue weighted by Gasteiger charge is 2.11. The molecule has 0 aliphatic heterocycles. The van der Waals surface area contributed by atoms with Crippen LogP contribution < -0.4 is 10.6 Å². The van der Waals surface area contributed by atoms with E-state index in [4.69, 9.17) is 4.74 Å². The van der Waals surface area contributed by atoms with E-state index in [1.54, 1.807) is 7.05 Å². The molecule has 2 aromatic carbocycles. The van der Waals surface area contributed by atoms with Gasteiger partial charge in [-0.3, -0.25) is 4.99 Å². The third-order valence-corrected chi connectivity index (χ3v) is 4.26. The van der Waals surface area contributed by atoms with Crippen LogP contribution in [0.15, 0.2) is 59.6 Å². The first kappa shape index (κ1) is 23.4. The molecule has 27 heavy (non-hydrogen) atoms. The third kappa shape index (κ3) is 7.86. The van der Waals surface area contributed by atoms with Gasteiger partial charge in [0.1, 0.15) is 0 Å². The van der Waals surface area contributed by atoms with E-state index >= 15 is 0 Å². The highest BCUT2D eigenvalue weighted by atomic mass is 127. The number of benzene rings is 2. The average molecular weight is 483 g/mol. The Morgan fingerprint density at radius 2 is 1.70 bits per heavy atom. The Balaban J connectivity index is 0.00000364. The Kier molecular flexibility index (Phi) is 11.7. The van der Waals surface area contributed by atoms with Crippen LogP contribution in [0, 0.1) is 0 Å². The smallest absolute Gasteiger partial charge is 0.191 e. The van der Waals surface area contributed by atoms with E-state index in [1.807, 2.05) is 49.4 Å². The van der Waals surface area contributed by atoms with Crippen LogP contribution in [0.1, 0.15) is 29.5 Å². The molecular weight excluding hydrogens is 453 g/mol. The van der Waals surface area contributed by atoms with Gasteiger partial charge in [0.25, 0.3) is 0 Å². The van der Waals surface area contributed by atoms with Crippen LogP contribution in [0.3, 0.4) is 0 Å². The maximum atomic E-state index is 9.68. The number of ether oxygens (including phenoxy) is 1. The van der Waals surface area contributed by atoms with Crippen molar-refractivity contribution >= 4 is 29.9 Å². The average Bonchev–Trinajstić information content (AvgIpc) is 2.70. The largest absolute Gasteiger partial charge is 0.396 e. The summed E-state index contributed by atoms with van der Waals surface area (Å²) >= 11 is 0. The van der Waals surface area contributed by atoms with Gasteiger partial charge in [0.15, 0.2) is 5.96 Å². The molecule has 0 bridgehead atoms. The summed E-state index contributed by atoms with van der Waals surface area (Å²) in [5.41, 5.74) is 3.47. The summed E-state index contributed by atoms with van der Waals surface area (Å²) < 4.78 is 5.53. The molecular formula is C21H30IN3O2. The quantitative estimate of drug-likeness (QED) is 0.291. The number of nitrogens with one attached hydrogen (secondary N) is 2. The van der Waals surface area contributed by atoms with E-state index in [-0.39, 0.29) is 36.5 Å². The molecule has 0 radical (unpaired) electrons. The molecule has 0 aliphatic rings. The summed E-state index contributed by atoms with van der Waals surface area (Å²) in [5.74, 6) is 0.741. The molecule has 0 heterocycles. The maximum absolute atomic E-state index is 9.68. The van der Waals surface area contributed by atoms with Gasteiger partial charge >= 0.3 is 0 Å². The molecule has 0 spiro atoms. The number of halogens is 1. The number of nitrogens with zero attached hydrogens (tertiary/aromatic N) is 1. The molecule has 1 atom stereocenters. The lowest BCUT2D eigenvalue weighted by Crippen LogP contribution is -2.39. The zero-order valence-electron chi connectivity index (χ0n) is 16.0. The zero-order chi connectivity index (χ0) is 18.6. The third-order valence-electron chi connectivity index (χ3n) is 4.26. The lowest BCUT2D eigenvalue weighted by atomic mass is 10.0. The van der Waals surface area contributed by atoms with Gasteiger partial charge < -0.3 is 20.5 Å². The van der Waals surface area contributed by atoms with E-state index in [0.29, 0.717) is 32.3 Å². The van der Waals surface area contributed by atoms with Gasteiger partial charge in [-0.05, 0) is 23.6 Å². The summed E-state index contributed by atoms with van der Waals surface area (Å²) in [6, 6.07) is 18.2. The number of guanidine groups is 1. The molecule has 2 rings (SSSR count). The number of hydrogen-bond donors (Lipinski definition) is 3. The first-order valence-electron chi connectivity index (χ1n) is 9.03. The van der Waals surface area contributed by atoms with Crippen molar-refractivity contribution in [2.45, 2.75) is 26.0 Å². The number of aliphatic imine (C=N–C) groups is 1. The topological polar surface area (TPSA) is 65.9 Å². The molecule has 0 aromatic heterocycles. The number of hydrogen-bond acceptors (Lipinski definition) is 3. The Labute approximate surface area is 179 Å². The van der Waals surface area contributed by atoms with Gasteiger partial charge in [0.05, 0.1) is 13.2 Å². The lowest BCUT2D eigenvalue weighted by Gasteiger charge is -2.18. The van der Waals surface area contributed by atoms with Crippen molar-refractivity contribution in [1.82, 2.24) is 10.6 Å². The van der Waals surface area contributed by atoms with Crippen molar-refractivity contribution in [3.8, 4) is 0 Å². The fourth-order valence-corrected chi connectivity index (χ4v) is 2.72. The first-order valence-corrected chi connectivity index (χ1v) is 9.03. The molecule has 5 nitrogen and oxygen atoms in total. The predicted octanol–water partition coefficient (Wildman–Crippen LogP) is 3.28. The SMILES string of the molecule is CCOCc1ccccc1CNC(=NC)NCC(CO)c1ccccc1.I. The van der Waals surface area contributed by atoms with Crippen molar-refractivity contribution in [2.75, 3.05) is 26.8 Å². The van der Waals surface area contributed by atoms with Crippen LogP contribution in [-0.4, -0.2) is 37.9 Å². The first-order chi connectivity index (χ1) is 12.8. The van der Waals surface area contributed by atoms with Crippen molar-refractivity contribution < 1.29 is 9.84 Å². The van der Waals surface area contributed by atoms with Gasteiger partial charge in [-0.25, -0.2) is 0 Å². The van der Waals surface area contributed by atoms with Crippen molar-refractivity contribution in [3.05, 3.63) is 71.3 Å². The molecule has 0 amide bonds. The molecule has 3 N–H and O–H groups in total. The van der Waals surface area contributed by atoms with Crippen LogP contribution in [0.4, 0.5) is 0 Å². The Bertz CT molecular complexity index is 680. The highest BCUT2D eigenvalue weighted by molar-refractivity contribution is 14.0. The molecule has 6 heteroatoms. The van der Waals surface area contributed by atoms with Gasteiger partial charge in [0.2, 0.25) is 0 Å². The predicted molar refractivity (Wildman–Crippen MR) is 122 cm³/mol. The minimum absolute atomic E-state index is 0. The fraction of sp³-hybridized carbons (Fsp3) is 0.381. The molecule has 148 valence electrons. The van der Waals surface area contributed by atoms with Crippen LogP contribution in [0.25, 0.3) is 0 Å². The van der Waals surface area contributed by atoms with Gasteiger partial charge in [0, 0.05) is 32.7 Å². The molecule has 0 saturated carbocycles. The van der Waals surface area contributed by atoms with Crippen molar-refractivity contribution in [2.24, 2.45) is 4.99 Å². The van der Waals surface area contributed by atoms with E-state index in [9.17, 15) is 5.11 Å².